The summed E-state index contributed by atoms with van der Waals surface area (Å²) in [7, 11) is 5.00. The first-order chi connectivity index (χ1) is 13.5. The Hall–Kier alpha value is -2.86. The van der Waals surface area contributed by atoms with Crippen molar-refractivity contribution in [2.75, 3.05) is 21.3 Å². The van der Waals surface area contributed by atoms with E-state index in [2.05, 4.69) is 36.2 Å². The van der Waals surface area contributed by atoms with Crippen molar-refractivity contribution in [2.45, 2.75) is 19.9 Å². The molecular weight excluding hydrogens is 372 g/mol. The van der Waals surface area contributed by atoms with Crippen LogP contribution in [0.4, 0.5) is 0 Å². The van der Waals surface area contributed by atoms with Gasteiger partial charge in [-0.05, 0) is 35.7 Å². The molecule has 0 saturated heterocycles. The number of amides is 1. The van der Waals surface area contributed by atoms with Crippen LogP contribution in [0.5, 0.6) is 11.5 Å². The van der Waals surface area contributed by atoms with E-state index in [1.54, 1.807) is 31.5 Å². The Morgan fingerprint density at radius 1 is 1.04 bits per heavy atom. The summed E-state index contributed by atoms with van der Waals surface area (Å²) >= 11 is 1.44. The molecule has 0 radical (unpaired) electrons. The maximum absolute atomic E-state index is 12.8. The first-order valence-corrected chi connectivity index (χ1v) is 9.94. The van der Waals surface area contributed by atoms with E-state index in [1.165, 1.54) is 16.9 Å². The number of nitrogens with zero attached hydrogens (tertiary/aromatic N) is 2. The van der Waals surface area contributed by atoms with E-state index in [9.17, 15) is 4.79 Å². The molecular formula is C22H24N2O3S. The molecule has 1 heterocycles. The van der Waals surface area contributed by atoms with Gasteiger partial charge in [0, 0.05) is 24.5 Å². The second kappa shape index (κ2) is 8.89. The molecule has 0 N–H and O–H groups in total. The molecule has 0 aliphatic rings. The monoisotopic (exact) mass is 396 g/mol. The molecule has 5 nitrogen and oxygen atoms in total. The predicted octanol–water partition coefficient (Wildman–Crippen LogP) is 4.66. The molecule has 6 heteroatoms. The second-order valence-corrected chi connectivity index (χ2v) is 7.30. The van der Waals surface area contributed by atoms with E-state index < -0.39 is 0 Å². The van der Waals surface area contributed by atoms with Crippen molar-refractivity contribution in [3.05, 3.63) is 64.7 Å². The van der Waals surface area contributed by atoms with Gasteiger partial charge in [-0.15, -0.1) is 11.3 Å². The number of hydrogen-bond donors (Lipinski definition) is 0. The fourth-order valence-electron chi connectivity index (χ4n) is 2.90. The van der Waals surface area contributed by atoms with Gasteiger partial charge in [0.25, 0.3) is 5.91 Å². The maximum Gasteiger partial charge on any atom is 0.273 e. The second-order valence-electron chi connectivity index (χ2n) is 6.44. The fraction of sp³-hybridized carbons (Fsp3) is 0.273. The van der Waals surface area contributed by atoms with E-state index in [4.69, 9.17) is 9.47 Å². The first-order valence-electron chi connectivity index (χ1n) is 9.07. The van der Waals surface area contributed by atoms with Crippen LogP contribution >= 0.6 is 11.3 Å². The van der Waals surface area contributed by atoms with Crippen LogP contribution in [0.3, 0.4) is 0 Å². The SMILES string of the molecule is CCc1ccc(CN(C)C(=O)c2csc(-c3ccc(OC)c(OC)c3)n2)cc1. The number of aromatic nitrogens is 1. The lowest BCUT2D eigenvalue weighted by Crippen LogP contribution is -2.26. The van der Waals surface area contributed by atoms with Crippen LogP contribution in [0.1, 0.15) is 28.5 Å². The lowest BCUT2D eigenvalue weighted by Gasteiger charge is -2.16. The third kappa shape index (κ3) is 4.34. The molecule has 2 aromatic carbocycles. The van der Waals surface area contributed by atoms with E-state index >= 15 is 0 Å². The highest BCUT2D eigenvalue weighted by Gasteiger charge is 2.17. The van der Waals surface area contributed by atoms with Crippen molar-refractivity contribution in [3.8, 4) is 22.1 Å². The molecule has 0 fully saturated rings. The minimum Gasteiger partial charge on any atom is -0.493 e. The quantitative estimate of drug-likeness (QED) is 0.583. The first kappa shape index (κ1) is 19.9. The molecule has 1 aromatic heterocycles. The van der Waals surface area contributed by atoms with Crippen LogP contribution in [-0.2, 0) is 13.0 Å². The number of thiazole rings is 1. The van der Waals surface area contributed by atoms with Crippen molar-refractivity contribution < 1.29 is 14.3 Å². The minimum atomic E-state index is -0.0949. The molecule has 28 heavy (non-hydrogen) atoms. The van der Waals surface area contributed by atoms with E-state index in [-0.39, 0.29) is 5.91 Å². The Balaban J connectivity index is 1.74. The maximum atomic E-state index is 12.8. The molecule has 3 rings (SSSR count). The summed E-state index contributed by atoms with van der Waals surface area (Å²) in [6.07, 6.45) is 1.01. The van der Waals surface area contributed by atoms with Gasteiger partial charge >= 0.3 is 0 Å². The van der Waals surface area contributed by atoms with Crippen LogP contribution in [0.2, 0.25) is 0 Å². The molecule has 3 aromatic rings. The van der Waals surface area contributed by atoms with Crippen LogP contribution in [0.15, 0.2) is 47.8 Å². The molecule has 1 amide bonds. The lowest BCUT2D eigenvalue weighted by molar-refractivity contribution is 0.0780. The molecule has 0 spiro atoms. The van der Waals surface area contributed by atoms with E-state index in [0.29, 0.717) is 23.7 Å². The fourth-order valence-corrected chi connectivity index (χ4v) is 3.69. The molecule has 0 saturated carbocycles. The third-order valence-electron chi connectivity index (χ3n) is 4.55. The summed E-state index contributed by atoms with van der Waals surface area (Å²) in [6, 6.07) is 14.0. The Bertz CT molecular complexity index is 951. The van der Waals surface area contributed by atoms with Gasteiger partial charge in [-0.25, -0.2) is 4.98 Å². The van der Waals surface area contributed by atoms with Crippen molar-refractivity contribution in [2.24, 2.45) is 0 Å². The van der Waals surface area contributed by atoms with E-state index in [1.807, 2.05) is 18.2 Å². The average molecular weight is 397 g/mol. The molecule has 0 unspecified atom stereocenters. The normalized spacial score (nSPS) is 10.6. The summed E-state index contributed by atoms with van der Waals surface area (Å²) in [5, 5.41) is 2.57. The Kier molecular flexibility index (Phi) is 6.31. The van der Waals surface area contributed by atoms with Gasteiger partial charge in [-0.1, -0.05) is 31.2 Å². The zero-order valence-corrected chi connectivity index (χ0v) is 17.4. The van der Waals surface area contributed by atoms with Crippen LogP contribution in [0, 0.1) is 0 Å². The highest BCUT2D eigenvalue weighted by Crippen LogP contribution is 2.33. The van der Waals surface area contributed by atoms with Crippen molar-refractivity contribution in [1.82, 2.24) is 9.88 Å². The minimum absolute atomic E-state index is 0.0949. The Labute approximate surface area is 169 Å². The standard InChI is InChI=1S/C22H24N2O3S/c1-5-15-6-8-16(9-7-15)13-24(2)22(25)18-14-28-21(23-18)17-10-11-19(26-3)20(12-17)27-4/h6-12,14H,5,13H2,1-4H3. The predicted molar refractivity (Wildman–Crippen MR) is 112 cm³/mol. The van der Waals surface area contributed by atoms with Gasteiger partial charge in [0.05, 0.1) is 14.2 Å². The molecule has 0 bridgehead atoms. The van der Waals surface area contributed by atoms with Gasteiger partial charge < -0.3 is 14.4 Å². The Morgan fingerprint density at radius 3 is 2.36 bits per heavy atom. The summed E-state index contributed by atoms with van der Waals surface area (Å²) in [6.45, 7) is 2.68. The number of methoxy groups -OCH3 is 2. The summed E-state index contributed by atoms with van der Waals surface area (Å²) in [4.78, 5) is 19.0. The van der Waals surface area contributed by atoms with Gasteiger partial charge in [-0.3, -0.25) is 4.79 Å². The van der Waals surface area contributed by atoms with Gasteiger partial charge in [0.2, 0.25) is 0 Å². The average Bonchev–Trinajstić information content (AvgIpc) is 3.23. The van der Waals surface area contributed by atoms with Gasteiger partial charge in [0.15, 0.2) is 11.5 Å². The van der Waals surface area contributed by atoms with Crippen LogP contribution in [-0.4, -0.2) is 37.1 Å². The molecule has 0 aliphatic carbocycles. The summed E-state index contributed by atoms with van der Waals surface area (Å²) < 4.78 is 10.6. The van der Waals surface area contributed by atoms with Crippen LogP contribution in [0.25, 0.3) is 10.6 Å². The number of hydrogen-bond acceptors (Lipinski definition) is 5. The largest absolute Gasteiger partial charge is 0.493 e. The molecule has 0 atom stereocenters. The number of carbonyl (C=O) groups is 1. The van der Waals surface area contributed by atoms with Crippen LogP contribution < -0.4 is 9.47 Å². The van der Waals surface area contributed by atoms with Gasteiger partial charge in [-0.2, -0.15) is 0 Å². The lowest BCUT2D eigenvalue weighted by atomic mass is 10.1. The molecule has 146 valence electrons. The highest BCUT2D eigenvalue weighted by molar-refractivity contribution is 7.13. The summed E-state index contributed by atoms with van der Waals surface area (Å²) in [5.74, 6) is 1.20. The Morgan fingerprint density at radius 2 is 1.71 bits per heavy atom. The smallest absolute Gasteiger partial charge is 0.273 e. The topological polar surface area (TPSA) is 51.7 Å². The zero-order valence-electron chi connectivity index (χ0n) is 16.6. The van der Waals surface area contributed by atoms with Crippen molar-refractivity contribution >= 4 is 17.2 Å². The zero-order chi connectivity index (χ0) is 20.1. The van der Waals surface area contributed by atoms with E-state index in [0.717, 1.165) is 22.6 Å². The van der Waals surface area contributed by atoms with Gasteiger partial charge in [0.1, 0.15) is 10.7 Å². The molecule has 0 aliphatic heterocycles. The number of carbonyl (C=O) groups excluding carboxylic acids is 1. The number of benzene rings is 2. The van der Waals surface area contributed by atoms with Crippen molar-refractivity contribution in [3.63, 3.8) is 0 Å². The number of ether oxygens (including phenoxy) is 2. The van der Waals surface area contributed by atoms with Crippen molar-refractivity contribution in [1.29, 1.82) is 0 Å². The number of rotatable bonds is 7. The highest BCUT2D eigenvalue weighted by atomic mass is 32.1. The number of aryl methyl sites for hydroxylation is 1. The third-order valence-corrected chi connectivity index (χ3v) is 5.44. The summed E-state index contributed by atoms with van der Waals surface area (Å²) in [5.41, 5.74) is 3.72.